The number of hydrogen-bond acceptors (Lipinski definition) is 3. The van der Waals surface area contributed by atoms with Gasteiger partial charge in [-0.25, -0.2) is 4.39 Å². The number of halogens is 1. The van der Waals surface area contributed by atoms with Crippen molar-refractivity contribution in [1.29, 1.82) is 0 Å². The molecule has 0 spiro atoms. The van der Waals surface area contributed by atoms with Gasteiger partial charge in [0.25, 0.3) is 0 Å². The van der Waals surface area contributed by atoms with Crippen LogP contribution in [-0.4, -0.2) is 43.5 Å². The molecular formula is C21H26FN3O. The highest BCUT2D eigenvalue weighted by molar-refractivity contribution is 5.90. The van der Waals surface area contributed by atoms with Gasteiger partial charge in [0.2, 0.25) is 5.91 Å². The van der Waals surface area contributed by atoms with E-state index >= 15 is 0 Å². The summed E-state index contributed by atoms with van der Waals surface area (Å²) in [5.74, 6) is -0.155. The van der Waals surface area contributed by atoms with E-state index in [0.29, 0.717) is 6.42 Å². The second-order valence-corrected chi connectivity index (χ2v) is 6.65. The van der Waals surface area contributed by atoms with E-state index in [9.17, 15) is 9.18 Å². The molecular weight excluding hydrogens is 329 g/mol. The summed E-state index contributed by atoms with van der Waals surface area (Å²) in [5, 5.41) is 2.96. The number of amides is 1. The van der Waals surface area contributed by atoms with E-state index < -0.39 is 0 Å². The van der Waals surface area contributed by atoms with Gasteiger partial charge in [0, 0.05) is 50.5 Å². The molecule has 3 rings (SSSR count). The molecule has 0 saturated carbocycles. The molecule has 26 heavy (non-hydrogen) atoms. The number of nitrogens with zero attached hydrogens (tertiary/aromatic N) is 2. The normalized spacial score (nSPS) is 15.1. The Balaban J connectivity index is 1.40. The summed E-state index contributed by atoms with van der Waals surface area (Å²) in [5.41, 5.74) is 3.18. The van der Waals surface area contributed by atoms with Gasteiger partial charge in [-0.3, -0.25) is 9.69 Å². The topological polar surface area (TPSA) is 35.6 Å². The van der Waals surface area contributed by atoms with E-state index in [1.54, 1.807) is 0 Å². The number of benzene rings is 2. The fraction of sp³-hybridized carbons (Fsp3) is 0.381. The maximum Gasteiger partial charge on any atom is 0.225 e. The fourth-order valence-electron chi connectivity index (χ4n) is 3.19. The predicted molar refractivity (Wildman–Crippen MR) is 104 cm³/mol. The van der Waals surface area contributed by atoms with E-state index in [2.05, 4.69) is 22.0 Å². The van der Waals surface area contributed by atoms with Gasteiger partial charge in [0.05, 0.1) is 0 Å². The lowest BCUT2D eigenvalue weighted by molar-refractivity contribution is -0.116. The Kier molecular flexibility index (Phi) is 6.23. The van der Waals surface area contributed by atoms with Crippen molar-refractivity contribution < 1.29 is 9.18 Å². The van der Waals surface area contributed by atoms with Crippen molar-refractivity contribution >= 4 is 17.3 Å². The molecule has 0 aliphatic carbocycles. The van der Waals surface area contributed by atoms with Gasteiger partial charge < -0.3 is 10.2 Å². The molecule has 1 heterocycles. The Labute approximate surface area is 154 Å². The van der Waals surface area contributed by atoms with Gasteiger partial charge >= 0.3 is 0 Å². The maximum absolute atomic E-state index is 13.0. The molecule has 1 amide bonds. The Morgan fingerprint density at radius 1 is 1.00 bits per heavy atom. The first-order chi connectivity index (χ1) is 12.6. The average molecular weight is 355 g/mol. The molecule has 1 aliphatic heterocycles. The molecule has 0 unspecified atom stereocenters. The highest BCUT2D eigenvalue weighted by atomic mass is 19.1. The molecule has 1 saturated heterocycles. The number of anilines is 2. The lowest BCUT2D eigenvalue weighted by atomic mass is 10.1. The minimum Gasteiger partial charge on any atom is -0.369 e. The Bertz CT molecular complexity index is 707. The molecule has 2 aromatic rings. The van der Waals surface area contributed by atoms with Crippen LogP contribution >= 0.6 is 0 Å². The van der Waals surface area contributed by atoms with Crippen LogP contribution in [-0.2, 0) is 11.2 Å². The SMILES string of the molecule is CCc1ccc(NC(=O)CCN2CCN(c3ccc(F)cc3)CC2)cc1. The summed E-state index contributed by atoms with van der Waals surface area (Å²) in [6, 6.07) is 14.6. The number of carbonyl (C=O) groups is 1. The second-order valence-electron chi connectivity index (χ2n) is 6.65. The molecule has 1 fully saturated rings. The van der Waals surface area contributed by atoms with Crippen LogP contribution in [0.5, 0.6) is 0 Å². The first-order valence-electron chi connectivity index (χ1n) is 9.25. The highest BCUT2D eigenvalue weighted by Crippen LogP contribution is 2.17. The third-order valence-electron chi connectivity index (χ3n) is 4.87. The first kappa shape index (κ1) is 18.4. The number of nitrogens with one attached hydrogen (secondary N) is 1. The van der Waals surface area contributed by atoms with Gasteiger partial charge in [0.1, 0.15) is 5.82 Å². The van der Waals surface area contributed by atoms with Crippen molar-refractivity contribution in [3.63, 3.8) is 0 Å². The summed E-state index contributed by atoms with van der Waals surface area (Å²) in [7, 11) is 0. The monoisotopic (exact) mass is 355 g/mol. The number of aryl methyl sites for hydroxylation is 1. The van der Waals surface area contributed by atoms with Crippen LogP contribution in [0.25, 0.3) is 0 Å². The summed E-state index contributed by atoms with van der Waals surface area (Å²) < 4.78 is 13.0. The molecule has 0 radical (unpaired) electrons. The van der Waals surface area contributed by atoms with Crippen molar-refractivity contribution in [3.05, 3.63) is 59.9 Å². The molecule has 0 atom stereocenters. The van der Waals surface area contributed by atoms with Crippen molar-refractivity contribution in [2.45, 2.75) is 19.8 Å². The zero-order valence-corrected chi connectivity index (χ0v) is 15.2. The van der Waals surface area contributed by atoms with E-state index in [4.69, 9.17) is 0 Å². The number of carbonyl (C=O) groups excluding carboxylic acids is 1. The summed E-state index contributed by atoms with van der Waals surface area (Å²) in [6.45, 7) is 6.49. The largest absolute Gasteiger partial charge is 0.369 e. The first-order valence-corrected chi connectivity index (χ1v) is 9.25. The minimum atomic E-state index is -0.206. The zero-order valence-electron chi connectivity index (χ0n) is 15.2. The third kappa shape index (κ3) is 5.05. The maximum atomic E-state index is 13.0. The Hall–Kier alpha value is -2.40. The second kappa shape index (κ2) is 8.81. The summed E-state index contributed by atoms with van der Waals surface area (Å²) in [4.78, 5) is 16.7. The van der Waals surface area contributed by atoms with E-state index in [0.717, 1.165) is 50.5 Å². The van der Waals surface area contributed by atoms with E-state index in [-0.39, 0.29) is 11.7 Å². The smallest absolute Gasteiger partial charge is 0.225 e. The van der Waals surface area contributed by atoms with Gasteiger partial charge in [-0.15, -0.1) is 0 Å². The highest BCUT2D eigenvalue weighted by Gasteiger charge is 2.17. The van der Waals surface area contributed by atoms with Gasteiger partial charge in [0.15, 0.2) is 0 Å². The van der Waals surface area contributed by atoms with Gasteiger partial charge in [-0.05, 0) is 48.4 Å². The quantitative estimate of drug-likeness (QED) is 0.861. The fourth-order valence-corrected chi connectivity index (χ4v) is 3.19. The minimum absolute atomic E-state index is 0.0511. The molecule has 4 nitrogen and oxygen atoms in total. The zero-order chi connectivity index (χ0) is 18.4. The van der Waals surface area contributed by atoms with Crippen LogP contribution in [0.2, 0.25) is 0 Å². The third-order valence-corrected chi connectivity index (χ3v) is 4.87. The van der Waals surface area contributed by atoms with Crippen LogP contribution in [0.3, 0.4) is 0 Å². The van der Waals surface area contributed by atoms with Gasteiger partial charge in [-0.2, -0.15) is 0 Å². The van der Waals surface area contributed by atoms with Crippen molar-refractivity contribution in [2.75, 3.05) is 42.9 Å². The van der Waals surface area contributed by atoms with Gasteiger partial charge in [-0.1, -0.05) is 19.1 Å². The molecule has 1 aliphatic rings. The van der Waals surface area contributed by atoms with Crippen molar-refractivity contribution in [2.24, 2.45) is 0 Å². The molecule has 1 N–H and O–H groups in total. The molecule has 138 valence electrons. The summed E-state index contributed by atoms with van der Waals surface area (Å²) >= 11 is 0. The number of piperazine rings is 1. The van der Waals surface area contributed by atoms with Crippen LogP contribution in [0.4, 0.5) is 15.8 Å². The lowest BCUT2D eigenvalue weighted by Crippen LogP contribution is -2.47. The standard InChI is InChI=1S/C21H26FN3O/c1-2-17-3-7-19(8-4-17)23-21(26)11-12-24-13-15-25(16-14-24)20-9-5-18(22)6-10-20/h3-10H,2,11-16H2,1H3,(H,23,26). The predicted octanol–water partition coefficient (Wildman–Crippen LogP) is 3.54. The molecule has 0 bridgehead atoms. The van der Waals surface area contributed by atoms with Crippen molar-refractivity contribution in [1.82, 2.24) is 4.90 Å². The Morgan fingerprint density at radius 3 is 2.27 bits per heavy atom. The van der Waals surface area contributed by atoms with E-state index in [1.807, 2.05) is 36.4 Å². The molecule has 0 aromatic heterocycles. The lowest BCUT2D eigenvalue weighted by Gasteiger charge is -2.36. The van der Waals surface area contributed by atoms with E-state index in [1.165, 1.54) is 17.7 Å². The number of hydrogen-bond donors (Lipinski definition) is 1. The van der Waals surface area contributed by atoms with Crippen LogP contribution < -0.4 is 10.2 Å². The average Bonchev–Trinajstić information content (AvgIpc) is 2.68. The summed E-state index contributed by atoms with van der Waals surface area (Å²) in [6.07, 6.45) is 1.49. The molecule has 2 aromatic carbocycles. The number of rotatable bonds is 6. The van der Waals surface area contributed by atoms with Crippen LogP contribution in [0.15, 0.2) is 48.5 Å². The van der Waals surface area contributed by atoms with Crippen molar-refractivity contribution in [3.8, 4) is 0 Å². The van der Waals surface area contributed by atoms with Crippen LogP contribution in [0.1, 0.15) is 18.9 Å². The molecule has 5 heteroatoms. The Morgan fingerprint density at radius 2 is 1.65 bits per heavy atom. The van der Waals surface area contributed by atoms with Crippen LogP contribution in [0, 0.1) is 5.82 Å².